The number of fused-ring (bicyclic) bond motifs is 5. The van der Waals surface area contributed by atoms with Crippen molar-refractivity contribution >= 4 is 22.7 Å². The number of nitrogens with zero attached hydrogens (tertiary/aromatic N) is 2. The van der Waals surface area contributed by atoms with Gasteiger partial charge in [0.2, 0.25) is 5.91 Å². The molecule has 190 valence electrons. The van der Waals surface area contributed by atoms with E-state index in [4.69, 9.17) is 4.74 Å². The van der Waals surface area contributed by atoms with Crippen molar-refractivity contribution in [3.05, 3.63) is 70.9 Å². The number of unbranched alkanes of at least 4 members (excludes halogenated alkanes) is 1. The summed E-state index contributed by atoms with van der Waals surface area (Å²) in [5.74, 6) is -0.00266. The van der Waals surface area contributed by atoms with Crippen molar-refractivity contribution in [1.29, 1.82) is 0 Å². The molecule has 0 spiro atoms. The Hall–Kier alpha value is -3.12. The van der Waals surface area contributed by atoms with Crippen LogP contribution in [0.1, 0.15) is 68.3 Å². The average Bonchev–Trinajstić information content (AvgIpc) is 3.30. The number of ether oxygens (including phenoxy) is 1. The van der Waals surface area contributed by atoms with Crippen molar-refractivity contribution < 1.29 is 14.3 Å². The van der Waals surface area contributed by atoms with Gasteiger partial charge >= 0.3 is 0 Å². The highest BCUT2D eigenvalue weighted by Gasteiger charge is 2.56. The van der Waals surface area contributed by atoms with Gasteiger partial charge in [-0.1, -0.05) is 62.7 Å². The van der Waals surface area contributed by atoms with E-state index < -0.39 is 5.54 Å². The van der Waals surface area contributed by atoms with Crippen LogP contribution in [0.4, 0.5) is 0 Å². The van der Waals surface area contributed by atoms with Crippen molar-refractivity contribution in [2.24, 2.45) is 0 Å². The van der Waals surface area contributed by atoms with Crippen LogP contribution < -0.4 is 0 Å². The summed E-state index contributed by atoms with van der Waals surface area (Å²) in [5, 5.41) is 1.12. The molecule has 1 saturated heterocycles. The maximum Gasteiger partial charge on any atom is 0.254 e. The Balaban J connectivity index is 1.51. The second-order valence-electron chi connectivity index (χ2n) is 10.2. The van der Waals surface area contributed by atoms with E-state index in [-0.39, 0.29) is 24.3 Å². The molecular weight excluding hydrogens is 450 g/mol. The number of rotatable bonds is 9. The van der Waals surface area contributed by atoms with Gasteiger partial charge in [-0.05, 0) is 48.9 Å². The number of benzene rings is 2. The molecule has 6 nitrogen and oxygen atoms in total. The highest BCUT2D eigenvalue weighted by atomic mass is 16.5. The molecule has 1 aromatic heterocycles. The van der Waals surface area contributed by atoms with Gasteiger partial charge in [-0.15, -0.1) is 0 Å². The minimum Gasteiger partial charge on any atom is -0.381 e. The molecule has 2 aliphatic rings. The number of hydrogen-bond donors (Lipinski definition) is 1. The van der Waals surface area contributed by atoms with Gasteiger partial charge in [-0.2, -0.15) is 0 Å². The van der Waals surface area contributed by atoms with Crippen molar-refractivity contribution in [2.45, 2.75) is 57.9 Å². The predicted octanol–water partition coefficient (Wildman–Crippen LogP) is 4.97. The summed E-state index contributed by atoms with van der Waals surface area (Å²) in [5.41, 5.74) is 4.40. The molecule has 0 radical (unpaired) electrons. The van der Waals surface area contributed by atoms with E-state index in [2.05, 4.69) is 55.2 Å². The summed E-state index contributed by atoms with van der Waals surface area (Å²) >= 11 is 0. The molecular formula is C30H37N3O3. The Morgan fingerprint density at radius 3 is 2.53 bits per heavy atom. The summed E-state index contributed by atoms with van der Waals surface area (Å²) < 4.78 is 5.70. The first-order chi connectivity index (χ1) is 17.5. The lowest BCUT2D eigenvalue weighted by molar-refractivity contribution is -0.166. The number of carbonyl (C=O) groups excluding carboxylic acids is 2. The Morgan fingerprint density at radius 2 is 1.78 bits per heavy atom. The first kappa shape index (κ1) is 24.6. The molecule has 1 fully saturated rings. The van der Waals surface area contributed by atoms with Crippen LogP contribution >= 0.6 is 0 Å². The van der Waals surface area contributed by atoms with Crippen LogP contribution in [0.25, 0.3) is 10.9 Å². The minimum absolute atomic E-state index is 0.00323. The Labute approximate surface area is 213 Å². The second kappa shape index (κ2) is 10.1. The molecule has 6 heteroatoms. The number of aryl methyl sites for hydroxylation is 1. The Morgan fingerprint density at radius 1 is 1.03 bits per heavy atom. The largest absolute Gasteiger partial charge is 0.381 e. The number of hydrogen-bond acceptors (Lipinski definition) is 3. The van der Waals surface area contributed by atoms with E-state index in [9.17, 15) is 9.59 Å². The molecule has 0 unspecified atom stereocenters. The molecule has 2 amide bonds. The van der Waals surface area contributed by atoms with Crippen LogP contribution in [0, 0.1) is 0 Å². The van der Waals surface area contributed by atoms with Gasteiger partial charge in [-0.3, -0.25) is 9.59 Å². The number of nitrogens with one attached hydrogen (secondary N) is 1. The highest BCUT2D eigenvalue weighted by molar-refractivity contribution is 6.01. The zero-order valence-corrected chi connectivity index (χ0v) is 21.7. The van der Waals surface area contributed by atoms with Gasteiger partial charge in [0.1, 0.15) is 0 Å². The number of piperazine rings is 1. The normalized spacial score (nSPS) is 21.7. The van der Waals surface area contributed by atoms with Crippen molar-refractivity contribution in [3.63, 3.8) is 0 Å². The third kappa shape index (κ3) is 4.11. The highest BCUT2D eigenvalue weighted by Crippen LogP contribution is 2.48. The number of aromatic nitrogens is 1. The first-order valence-corrected chi connectivity index (χ1v) is 13.4. The summed E-state index contributed by atoms with van der Waals surface area (Å²) in [6.45, 7) is 8.70. The number of para-hydroxylation sites is 1. The van der Waals surface area contributed by atoms with Gasteiger partial charge < -0.3 is 19.5 Å². The van der Waals surface area contributed by atoms with Gasteiger partial charge in [0.05, 0.1) is 12.2 Å². The molecule has 2 aromatic carbocycles. The number of carbonyl (C=O) groups is 2. The van der Waals surface area contributed by atoms with Crippen LogP contribution in [0.2, 0.25) is 0 Å². The smallest absolute Gasteiger partial charge is 0.254 e. The Kier molecular flexibility index (Phi) is 6.89. The summed E-state index contributed by atoms with van der Waals surface area (Å²) in [7, 11) is 0. The third-order valence-corrected chi connectivity index (χ3v) is 7.97. The van der Waals surface area contributed by atoms with Crippen LogP contribution in [-0.4, -0.2) is 59.4 Å². The molecule has 3 aromatic rings. The van der Waals surface area contributed by atoms with E-state index in [0.717, 1.165) is 54.5 Å². The maximum absolute atomic E-state index is 14.0. The zero-order chi connectivity index (χ0) is 25.3. The fraction of sp³-hybridized carbons (Fsp3) is 0.467. The first-order valence-electron chi connectivity index (χ1n) is 13.4. The molecule has 0 aliphatic carbocycles. The van der Waals surface area contributed by atoms with Gasteiger partial charge in [0.15, 0.2) is 5.54 Å². The van der Waals surface area contributed by atoms with Crippen LogP contribution in [0.3, 0.4) is 0 Å². The topological polar surface area (TPSA) is 65.6 Å². The molecule has 36 heavy (non-hydrogen) atoms. The summed E-state index contributed by atoms with van der Waals surface area (Å²) in [6.07, 6.45) is 3.86. The molecule has 3 heterocycles. The third-order valence-electron chi connectivity index (χ3n) is 7.97. The number of H-pyrrole nitrogens is 1. The standard InChI is InChI=1S/C30H37N3O3/c1-4-6-17-36-18-9-16-32-20-26(34)33-19-24(22-14-12-21(5-2)13-15-22)27-23-10-7-8-11-25(23)31-28(27)30(33,3)29(32)35/h7-8,10-15,24,31H,4-6,9,16-20H2,1-3H3/t24-,30+/m1/s1. The average molecular weight is 488 g/mol. The van der Waals surface area contributed by atoms with E-state index in [1.807, 2.05) is 24.0 Å². The van der Waals surface area contributed by atoms with E-state index in [1.165, 1.54) is 11.1 Å². The quantitative estimate of drug-likeness (QED) is 0.434. The number of amides is 2. The summed E-state index contributed by atoms with van der Waals surface area (Å²) in [6, 6.07) is 16.9. The van der Waals surface area contributed by atoms with Crippen molar-refractivity contribution in [3.8, 4) is 0 Å². The van der Waals surface area contributed by atoms with E-state index in [1.54, 1.807) is 4.90 Å². The lowest BCUT2D eigenvalue weighted by Gasteiger charge is -2.51. The number of aromatic amines is 1. The van der Waals surface area contributed by atoms with E-state index in [0.29, 0.717) is 19.7 Å². The lowest BCUT2D eigenvalue weighted by atomic mass is 9.76. The van der Waals surface area contributed by atoms with Gasteiger partial charge in [0, 0.05) is 43.1 Å². The summed E-state index contributed by atoms with van der Waals surface area (Å²) in [4.78, 5) is 34.7. The predicted molar refractivity (Wildman–Crippen MR) is 142 cm³/mol. The van der Waals surface area contributed by atoms with Crippen LogP contribution in [0.15, 0.2) is 48.5 Å². The van der Waals surface area contributed by atoms with Crippen LogP contribution in [0.5, 0.6) is 0 Å². The zero-order valence-electron chi connectivity index (χ0n) is 21.7. The molecule has 0 saturated carbocycles. The lowest BCUT2D eigenvalue weighted by Crippen LogP contribution is -2.67. The SMILES string of the molecule is CCCCOCCCN1CC(=O)N2C[C@H](c3ccc(CC)cc3)c3c([nH]c4ccccc34)[C@@]2(C)C1=O. The fourth-order valence-electron chi connectivity index (χ4n) is 5.85. The molecule has 0 bridgehead atoms. The Bertz CT molecular complexity index is 1250. The van der Waals surface area contributed by atoms with Crippen LogP contribution in [-0.2, 0) is 26.3 Å². The van der Waals surface area contributed by atoms with Gasteiger partial charge in [0.25, 0.3) is 5.91 Å². The maximum atomic E-state index is 14.0. The molecule has 2 atom stereocenters. The van der Waals surface area contributed by atoms with Crippen molar-refractivity contribution in [2.75, 3.05) is 32.8 Å². The monoisotopic (exact) mass is 487 g/mol. The second-order valence-corrected chi connectivity index (χ2v) is 10.2. The fourth-order valence-corrected chi connectivity index (χ4v) is 5.85. The molecule has 2 aliphatic heterocycles. The van der Waals surface area contributed by atoms with Gasteiger partial charge in [-0.25, -0.2) is 0 Å². The molecule has 1 N–H and O–H groups in total. The minimum atomic E-state index is -1.05. The van der Waals surface area contributed by atoms with E-state index >= 15 is 0 Å². The molecule has 5 rings (SSSR count). The van der Waals surface area contributed by atoms with Crippen molar-refractivity contribution in [1.82, 2.24) is 14.8 Å².